The minimum Gasteiger partial charge on any atom is -0.497 e. The van der Waals surface area contributed by atoms with Gasteiger partial charge in [-0.2, -0.15) is 4.31 Å². The van der Waals surface area contributed by atoms with Crippen LogP contribution in [-0.2, 0) is 32.6 Å². The Morgan fingerprint density at radius 1 is 1.09 bits per heavy atom. The van der Waals surface area contributed by atoms with Crippen LogP contribution in [0.5, 0.6) is 5.75 Å². The predicted octanol–water partition coefficient (Wildman–Crippen LogP) is 2.07. The van der Waals surface area contributed by atoms with Crippen molar-refractivity contribution in [3.05, 3.63) is 53.6 Å². The van der Waals surface area contributed by atoms with Gasteiger partial charge >= 0.3 is 0 Å². The molecule has 2 heterocycles. The van der Waals surface area contributed by atoms with E-state index in [1.54, 1.807) is 19.2 Å². The first-order valence-electron chi connectivity index (χ1n) is 10.6. The van der Waals surface area contributed by atoms with Crippen molar-refractivity contribution in [1.29, 1.82) is 0 Å². The minimum atomic E-state index is -3.57. The topological polar surface area (TPSA) is 96.0 Å². The first-order valence-corrected chi connectivity index (χ1v) is 12.1. The zero-order valence-corrected chi connectivity index (χ0v) is 19.0. The standard InChI is InChI=1S/C23H27N3O5S/c1-16(27)26-21-10-9-20(32(29,30)25-11-3-4-12-25)13-18(21)14-22(26)23(28)24-15-17-5-7-19(31-2)8-6-17/h5-10,13,22H,3-4,11-12,14-15H2,1-2H3,(H,24,28). The number of carbonyl (C=O) groups is 2. The van der Waals surface area contributed by atoms with E-state index in [0.29, 0.717) is 30.9 Å². The summed E-state index contributed by atoms with van der Waals surface area (Å²) in [5.41, 5.74) is 2.18. The number of fused-ring (bicyclic) bond motifs is 1. The number of ether oxygens (including phenoxy) is 1. The average molecular weight is 458 g/mol. The summed E-state index contributed by atoms with van der Waals surface area (Å²) in [7, 11) is -1.98. The number of rotatable bonds is 6. The van der Waals surface area contributed by atoms with E-state index < -0.39 is 16.1 Å². The Balaban J connectivity index is 1.52. The molecule has 0 aromatic heterocycles. The summed E-state index contributed by atoms with van der Waals surface area (Å²) in [6.07, 6.45) is 1.99. The normalized spacial score (nSPS) is 18.4. The summed E-state index contributed by atoms with van der Waals surface area (Å²) in [5, 5.41) is 2.89. The molecule has 0 saturated carbocycles. The van der Waals surface area contributed by atoms with Crippen molar-refractivity contribution in [2.24, 2.45) is 0 Å². The monoisotopic (exact) mass is 457 g/mol. The second kappa shape index (κ2) is 8.91. The molecule has 1 N–H and O–H groups in total. The van der Waals surface area contributed by atoms with Crippen LogP contribution in [-0.4, -0.2) is 50.8 Å². The van der Waals surface area contributed by atoms with Crippen LogP contribution < -0.4 is 15.0 Å². The predicted molar refractivity (Wildman–Crippen MR) is 120 cm³/mol. The molecule has 1 unspecified atom stereocenters. The van der Waals surface area contributed by atoms with Crippen molar-refractivity contribution >= 4 is 27.5 Å². The highest BCUT2D eigenvalue weighted by Gasteiger charge is 2.38. The third-order valence-corrected chi connectivity index (χ3v) is 7.90. The third kappa shape index (κ3) is 4.22. The van der Waals surface area contributed by atoms with Crippen molar-refractivity contribution in [1.82, 2.24) is 9.62 Å². The second-order valence-corrected chi connectivity index (χ2v) is 10.0. The maximum Gasteiger partial charge on any atom is 0.243 e. The zero-order valence-electron chi connectivity index (χ0n) is 18.2. The Bertz CT molecular complexity index is 1120. The molecule has 1 atom stereocenters. The van der Waals surface area contributed by atoms with Crippen LogP contribution in [0.15, 0.2) is 47.4 Å². The molecule has 8 nitrogen and oxygen atoms in total. The highest BCUT2D eigenvalue weighted by molar-refractivity contribution is 7.89. The van der Waals surface area contributed by atoms with Gasteiger partial charge in [-0.25, -0.2) is 8.42 Å². The van der Waals surface area contributed by atoms with Gasteiger partial charge in [-0.1, -0.05) is 12.1 Å². The lowest BCUT2D eigenvalue weighted by Gasteiger charge is -2.23. The molecule has 170 valence electrons. The molecule has 32 heavy (non-hydrogen) atoms. The quantitative estimate of drug-likeness (QED) is 0.717. The molecule has 1 saturated heterocycles. The van der Waals surface area contributed by atoms with E-state index in [2.05, 4.69) is 5.32 Å². The molecule has 2 aliphatic heterocycles. The first kappa shape index (κ1) is 22.3. The van der Waals surface area contributed by atoms with Gasteiger partial charge in [0.05, 0.1) is 12.0 Å². The van der Waals surface area contributed by atoms with Gasteiger partial charge in [0, 0.05) is 38.7 Å². The van der Waals surface area contributed by atoms with Crippen LogP contribution in [0.4, 0.5) is 5.69 Å². The molecule has 1 fully saturated rings. The molecule has 4 rings (SSSR count). The fourth-order valence-electron chi connectivity index (χ4n) is 4.32. The van der Waals surface area contributed by atoms with Gasteiger partial charge in [0.25, 0.3) is 0 Å². The number of methoxy groups -OCH3 is 1. The Labute approximate surface area is 188 Å². The summed E-state index contributed by atoms with van der Waals surface area (Å²) < 4.78 is 32.5. The van der Waals surface area contributed by atoms with E-state index in [9.17, 15) is 18.0 Å². The summed E-state index contributed by atoms with van der Waals surface area (Å²) in [6.45, 7) is 2.77. The molecule has 0 aliphatic carbocycles. The van der Waals surface area contributed by atoms with Crippen LogP contribution in [0, 0.1) is 0 Å². The number of sulfonamides is 1. The van der Waals surface area contributed by atoms with Crippen molar-refractivity contribution in [2.75, 3.05) is 25.1 Å². The number of hydrogen-bond acceptors (Lipinski definition) is 5. The zero-order chi connectivity index (χ0) is 22.9. The summed E-state index contributed by atoms with van der Waals surface area (Å²) in [5.74, 6) is 0.188. The van der Waals surface area contributed by atoms with E-state index in [0.717, 1.165) is 24.2 Å². The number of nitrogens with zero attached hydrogens (tertiary/aromatic N) is 2. The Kier molecular flexibility index (Phi) is 6.21. The highest BCUT2D eigenvalue weighted by Crippen LogP contribution is 2.35. The summed E-state index contributed by atoms with van der Waals surface area (Å²) in [4.78, 5) is 27.0. The van der Waals surface area contributed by atoms with Crippen molar-refractivity contribution < 1.29 is 22.7 Å². The molecule has 2 aromatic rings. The number of amides is 2. The number of benzene rings is 2. The molecule has 0 bridgehead atoms. The van der Waals surface area contributed by atoms with E-state index in [4.69, 9.17) is 4.74 Å². The maximum absolute atomic E-state index is 13.0. The Morgan fingerprint density at radius 3 is 2.41 bits per heavy atom. The van der Waals surface area contributed by atoms with E-state index in [1.807, 2.05) is 24.3 Å². The molecular weight excluding hydrogens is 430 g/mol. The molecule has 2 amide bonds. The van der Waals surface area contributed by atoms with Crippen molar-refractivity contribution in [3.63, 3.8) is 0 Å². The number of nitrogens with one attached hydrogen (secondary N) is 1. The van der Waals surface area contributed by atoms with E-state index >= 15 is 0 Å². The lowest BCUT2D eigenvalue weighted by molar-refractivity contribution is -0.125. The fraction of sp³-hybridized carbons (Fsp3) is 0.391. The first-order chi connectivity index (χ1) is 15.3. The molecule has 0 radical (unpaired) electrons. The third-order valence-electron chi connectivity index (χ3n) is 6.01. The van der Waals surface area contributed by atoms with Crippen LogP contribution in [0.2, 0.25) is 0 Å². The van der Waals surface area contributed by atoms with Crippen molar-refractivity contribution in [2.45, 2.75) is 43.7 Å². The van der Waals surface area contributed by atoms with Crippen LogP contribution in [0.1, 0.15) is 30.9 Å². The minimum absolute atomic E-state index is 0.209. The van der Waals surface area contributed by atoms with Gasteiger partial charge in [-0.05, 0) is 54.3 Å². The second-order valence-electron chi connectivity index (χ2n) is 8.08. The largest absolute Gasteiger partial charge is 0.497 e. The molecular formula is C23H27N3O5S. The van der Waals surface area contributed by atoms with Gasteiger partial charge in [0.1, 0.15) is 11.8 Å². The number of hydrogen-bond donors (Lipinski definition) is 1. The van der Waals surface area contributed by atoms with Gasteiger partial charge in [0.2, 0.25) is 21.8 Å². The highest BCUT2D eigenvalue weighted by atomic mass is 32.2. The summed E-state index contributed by atoms with van der Waals surface area (Å²) in [6, 6.07) is 11.4. The van der Waals surface area contributed by atoms with Gasteiger partial charge in [0.15, 0.2) is 0 Å². The maximum atomic E-state index is 13.0. The SMILES string of the molecule is COc1ccc(CNC(=O)C2Cc3cc(S(=O)(=O)N4CCCC4)ccc3N2C(C)=O)cc1. The molecule has 2 aromatic carbocycles. The van der Waals surface area contributed by atoms with E-state index in [-0.39, 0.29) is 23.1 Å². The van der Waals surface area contributed by atoms with Crippen LogP contribution >= 0.6 is 0 Å². The lowest BCUT2D eigenvalue weighted by Crippen LogP contribution is -2.47. The number of carbonyl (C=O) groups excluding carboxylic acids is 2. The lowest BCUT2D eigenvalue weighted by atomic mass is 10.1. The van der Waals surface area contributed by atoms with Gasteiger partial charge in [-0.3, -0.25) is 14.5 Å². The molecule has 9 heteroatoms. The van der Waals surface area contributed by atoms with Crippen LogP contribution in [0.25, 0.3) is 0 Å². The molecule has 2 aliphatic rings. The Hall–Kier alpha value is -2.91. The Morgan fingerprint density at radius 2 is 1.78 bits per heavy atom. The van der Waals surface area contributed by atoms with Gasteiger partial charge in [-0.15, -0.1) is 0 Å². The van der Waals surface area contributed by atoms with Crippen molar-refractivity contribution in [3.8, 4) is 5.75 Å². The van der Waals surface area contributed by atoms with E-state index in [1.165, 1.54) is 22.2 Å². The van der Waals surface area contributed by atoms with Crippen LogP contribution in [0.3, 0.4) is 0 Å². The smallest absolute Gasteiger partial charge is 0.243 e. The average Bonchev–Trinajstić information content (AvgIpc) is 3.45. The summed E-state index contributed by atoms with van der Waals surface area (Å²) >= 11 is 0. The van der Waals surface area contributed by atoms with Gasteiger partial charge < -0.3 is 10.1 Å². The molecule has 0 spiro atoms. The number of anilines is 1. The fourth-order valence-corrected chi connectivity index (χ4v) is 5.88.